The molecule has 3 rings (SSSR count). The van der Waals surface area contributed by atoms with Crippen LogP contribution in [0.1, 0.15) is 11.1 Å². The molecule has 0 atom stereocenters. The summed E-state index contributed by atoms with van der Waals surface area (Å²) in [5.41, 5.74) is 4.69. The molecular formula is C22H28N4O3. The normalized spacial score (nSPS) is 15.4. The fraction of sp³-hybridized carbons (Fsp3) is 0.364. The summed E-state index contributed by atoms with van der Waals surface area (Å²) in [7, 11) is 3.19. The molecule has 0 radical (unpaired) electrons. The largest absolute Gasteiger partial charge is 0.497 e. The quantitative estimate of drug-likeness (QED) is 0.546. The van der Waals surface area contributed by atoms with E-state index in [1.807, 2.05) is 18.2 Å². The average Bonchev–Trinajstić information content (AvgIpc) is 2.76. The van der Waals surface area contributed by atoms with Crippen LogP contribution in [0.5, 0.6) is 11.5 Å². The number of nitrogens with zero attached hydrogens (tertiary/aromatic N) is 3. The van der Waals surface area contributed by atoms with Gasteiger partial charge in [-0.15, -0.1) is 0 Å². The lowest BCUT2D eigenvalue weighted by Crippen LogP contribution is -2.48. The molecule has 1 fully saturated rings. The van der Waals surface area contributed by atoms with E-state index in [0.717, 1.165) is 38.3 Å². The van der Waals surface area contributed by atoms with Gasteiger partial charge in [0, 0.05) is 44.4 Å². The van der Waals surface area contributed by atoms with E-state index in [9.17, 15) is 4.79 Å². The van der Waals surface area contributed by atoms with Gasteiger partial charge in [0.1, 0.15) is 11.5 Å². The molecule has 1 amide bonds. The van der Waals surface area contributed by atoms with E-state index in [-0.39, 0.29) is 5.91 Å². The SMILES string of the molecule is COc1ccc(/C=N\NC(=O)CN2CCN(Cc3ccccc3)CC2)c(OC)c1. The first-order chi connectivity index (χ1) is 14.2. The van der Waals surface area contributed by atoms with Crippen LogP contribution in [0.25, 0.3) is 0 Å². The second-order valence-electron chi connectivity index (χ2n) is 6.94. The van der Waals surface area contributed by atoms with Gasteiger partial charge in [0.15, 0.2) is 0 Å². The van der Waals surface area contributed by atoms with Gasteiger partial charge >= 0.3 is 0 Å². The van der Waals surface area contributed by atoms with Crippen LogP contribution in [-0.4, -0.2) is 68.9 Å². The number of hydrazone groups is 1. The minimum absolute atomic E-state index is 0.120. The third-order valence-corrected chi connectivity index (χ3v) is 4.91. The Balaban J connectivity index is 1.42. The van der Waals surface area contributed by atoms with E-state index in [0.29, 0.717) is 18.0 Å². The van der Waals surface area contributed by atoms with Crippen LogP contribution in [-0.2, 0) is 11.3 Å². The van der Waals surface area contributed by atoms with Crippen molar-refractivity contribution in [1.82, 2.24) is 15.2 Å². The fourth-order valence-corrected chi connectivity index (χ4v) is 3.28. The number of nitrogens with one attached hydrogen (secondary N) is 1. The summed E-state index contributed by atoms with van der Waals surface area (Å²) in [5, 5.41) is 4.06. The van der Waals surface area contributed by atoms with Crippen molar-refractivity contribution >= 4 is 12.1 Å². The first-order valence-electron chi connectivity index (χ1n) is 9.70. The summed E-state index contributed by atoms with van der Waals surface area (Å²) in [6, 6.07) is 15.9. The zero-order valence-electron chi connectivity index (χ0n) is 17.0. The predicted molar refractivity (Wildman–Crippen MR) is 113 cm³/mol. The van der Waals surface area contributed by atoms with Gasteiger partial charge in [-0.1, -0.05) is 30.3 Å². The van der Waals surface area contributed by atoms with Crippen LogP contribution in [0, 0.1) is 0 Å². The maximum absolute atomic E-state index is 12.2. The minimum Gasteiger partial charge on any atom is -0.497 e. The zero-order valence-corrected chi connectivity index (χ0v) is 17.0. The third kappa shape index (κ3) is 6.30. The zero-order chi connectivity index (χ0) is 20.5. The van der Waals surface area contributed by atoms with Gasteiger partial charge in [0.25, 0.3) is 5.91 Å². The number of hydrogen-bond donors (Lipinski definition) is 1. The standard InChI is InChI=1S/C22H28N4O3/c1-28-20-9-8-19(21(14-20)29-2)15-23-24-22(27)17-26-12-10-25(11-13-26)16-18-6-4-3-5-7-18/h3-9,14-15H,10-13,16-17H2,1-2H3,(H,24,27)/b23-15-. The van der Waals surface area contributed by atoms with Gasteiger partial charge in [-0.3, -0.25) is 14.6 Å². The fourth-order valence-electron chi connectivity index (χ4n) is 3.28. The van der Waals surface area contributed by atoms with Crippen molar-refractivity contribution < 1.29 is 14.3 Å². The second-order valence-corrected chi connectivity index (χ2v) is 6.94. The van der Waals surface area contributed by atoms with Crippen LogP contribution < -0.4 is 14.9 Å². The lowest BCUT2D eigenvalue weighted by Gasteiger charge is -2.34. The highest BCUT2D eigenvalue weighted by atomic mass is 16.5. The van der Waals surface area contributed by atoms with Crippen LogP contribution in [0.15, 0.2) is 53.6 Å². The van der Waals surface area contributed by atoms with Gasteiger partial charge in [-0.05, 0) is 17.7 Å². The van der Waals surface area contributed by atoms with Gasteiger partial charge in [-0.2, -0.15) is 5.10 Å². The van der Waals surface area contributed by atoms with E-state index in [1.165, 1.54) is 5.56 Å². The molecule has 29 heavy (non-hydrogen) atoms. The molecule has 7 nitrogen and oxygen atoms in total. The highest BCUT2D eigenvalue weighted by molar-refractivity contribution is 5.86. The van der Waals surface area contributed by atoms with E-state index < -0.39 is 0 Å². The predicted octanol–water partition coefficient (Wildman–Crippen LogP) is 1.97. The molecule has 0 aliphatic carbocycles. The number of carbonyl (C=O) groups is 1. The molecule has 1 aliphatic heterocycles. The molecule has 0 saturated carbocycles. The molecule has 1 aliphatic rings. The molecule has 1 heterocycles. The minimum atomic E-state index is -0.120. The first-order valence-corrected chi connectivity index (χ1v) is 9.70. The van der Waals surface area contributed by atoms with E-state index in [1.54, 1.807) is 26.5 Å². The average molecular weight is 396 g/mol. The molecular weight excluding hydrogens is 368 g/mol. The Morgan fingerprint density at radius 2 is 1.76 bits per heavy atom. The smallest absolute Gasteiger partial charge is 0.254 e. The lowest BCUT2D eigenvalue weighted by atomic mass is 10.2. The molecule has 2 aromatic carbocycles. The van der Waals surface area contributed by atoms with E-state index in [2.05, 4.69) is 44.6 Å². The first kappa shape index (κ1) is 20.8. The van der Waals surface area contributed by atoms with Crippen LogP contribution >= 0.6 is 0 Å². The second kappa shape index (κ2) is 10.6. The Kier molecular flexibility index (Phi) is 7.61. The third-order valence-electron chi connectivity index (χ3n) is 4.91. The summed E-state index contributed by atoms with van der Waals surface area (Å²) in [5.74, 6) is 1.22. The molecule has 0 unspecified atom stereocenters. The number of hydrogen-bond acceptors (Lipinski definition) is 6. The van der Waals surface area contributed by atoms with Crippen LogP contribution in [0.3, 0.4) is 0 Å². The Bertz CT molecular complexity index is 818. The Hall–Kier alpha value is -2.90. The molecule has 2 aromatic rings. The highest BCUT2D eigenvalue weighted by Crippen LogP contribution is 2.22. The van der Waals surface area contributed by atoms with Crippen LogP contribution in [0.2, 0.25) is 0 Å². The highest BCUT2D eigenvalue weighted by Gasteiger charge is 2.18. The van der Waals surface area contributed by atoms with Gasteiger partial charge in [0.05, 0.1) is 27.0 Å². The van der Waals surface area contributed by atoms with Crippen molar-refractivity contribution in [3.63, 3.8) is 0 Å². The number of benzene rings is 2. The maximum atomic E-state index is 12.2. The summed E-state index contributed by atoms with van der Waals surface area (Å²) in [6.07, 6.45) is 1.58. The number of methoxy groups -OCH3 is 2. The molecule has 7 heteroatoms. The van der Waals surface area contributed by atoms with Crippen molar-refractivity contribution in [2.45, 2.75) is 6.54 Å². The summed E-state index contributed by atoms with van der Waals surface area (Å²) in [6.45, 7) is 4.95. The monoisotopic (exact) mass is 396 g/mol. The van der Waals surface area contributed by atoms with Crippen molar-refractivity contribution in [2.24, 2.45) is 5.10 Å². The Morgan fingerprint density at radius 3 is 2.45 bits per heavy atom. The van der Waals surface area contributed by atoms with E-state index in [4.69, 9.17) is 9.47 Å². The topological polar surface area (TPSA) is 66.4 Å². The van der Waals surface area contributed by atoms with Crippen molar-refractivity contribution in [3.8, 4) is 11.5 Å². The molecule has 0 aromatic heterocycles. The van der Waals surface area contributed by atoms with Crippen molar-refractivity contribution in [1.29, 1.82) is 0 Å². The molecule has 1 saturated heterocycles. The Labute approximate surface area is 171 Å². The number of ether oxygens (including phenoxy) is 2. The number of carbonyl (C=O) groups excluding carboxylic acids is 1. The summed E-state index contributed by atoms with van der Waals surface area (Å²) in [4.78, 5) is 16.8. The van der Waals surface area contributed by atoms with E-state index >= 15 is 0 Å². The molecule has 154 valence electrons. The lowest BCUT2D eigenvalue weighted by molar-refractivity contribution is -0.122. The number of amides is 1. The molecule has 1 N–H and O–H groups in total. The Morgan fingerprint density at radius 1 is 1.03 bits per heavy atom. The summed E-state index contributed by atoms with van der Waals surface area (Å²) < 4.78 is 10.5. The van der Waals surface area contributed by atoms with Gasteiger partial charge in [0.2, 0.25) is 0 Å². The molecule has 0 bridgehead atoms. The van der Waals surface area contributed by atoms with Gasteiger partial charge < -0.3 is 9.47 Å². The van der Waals surface area contributed by atoms with Crippen LogP contribution in [0.4, 0.5) is 0 Å². The van der Waals surface area contributed by atoms with Crippen molar-refractivity contribution in [3.05, 3.63) is 59.7 Å². The summed E-state index contributed by atoms with van der Waals surface area (Å²) >= 11 is 0. The molecule has 0 spiro atoms. The maximum Gasteiger partial charge on any atom is 0.254 e. The van der Waals surface area contributed by atoms with Gasteiger partial charge in [-0.25, -0.2) is 5.43 Å². The van der Waals surface area contributed by atoms with Crippen molar-refractivity contribution in [2.75, 3.05) is 46.9 Å². The number of piperazine rings is 1. The number of rotatable bonds is 8.